The molecule has 3 rings (SSSR count). The third-order valence-corrected chi connectivity index (χ3v) is 4.31. The Morgan fingerprint density at radius 1 is 1.29 bits per heavy atom. The van der Waals surface area contributed by atoms with E-state index < -0.39 is 7.82 Å². The fourth-order valence-corrected chi connectivity index (χ4v) is 3.29. The summed E-state index contributed by atoms with van der Waals surface area (Å²) in [5.74, 6) is 0.188. The largest absolute Gasteiger partial charge is 0.524 e. The van der Waals surface area contributed by atoms with Crippen LogP contribution in [0.3, 0.4) is 0 Å². The summed E-state index contributed by atoms with van der Waals surface area (Å²) in [6.45, 7) is 3.33. The molecule has 1 aliphatic heterocycles. The molecule has 1 fully saturated rings. The second-order valence-electron chi connectivity index (χ2n) is 5.37. The monoisotopic (exact) mass is 310 g/mol. The Morgan fingerprint density at radius 3 is 2.76 bits per heavy atom. The number of H-pyrrole nitrogens is 1. The fraction of sp³-hybridized carbons (Fsp3) is 0.429. The summed E-state index contributed by atoms with van der Waals surface area (Å²) in [7, 11) is -4.54. The minimum atomic E-state index is -4.54. The van der Waals surface area contributed by atoms with Gasteiger partial charge in [0, 0.05) is 18.1 Å². The average Bonchev–Trinajstić information content (AvgIpc) is 3.04. The lowest BCUT2D eigenvalue weighted by Crippen LogP contribution is -2.21. The fourth-order valence-electron chi connectivity index (χ4n) is 2.88. The van der Waals surface area contributed by atoms with E-state index in [-0.39, 0.29) is 5.75 Å². The van der Waals surface area contributed by atoms with Crippen molar-refractivity contribution in [2.45, 2.75) is 19.3 Å². The molecule has 1 aliphatic rings. The van der Waals surface area contributed by atoms with E-state index in [1.54, 1.807) is 12.1 Å². The molecule has 2 heterocycles. The Balaban J connectivity index is 1.81. The lowest BCUT2D eigenvalue weighted by molar-refractivity contribution is 0.284. The first-order valence-corrected chi connectivity index (χ1v) is 8.62. The van der Waals surface area contributed by atoms with Crippen molar-refractivity contribution in [1.82, 2.24) is 9.88 Å². The quantitative estimate of drug-likeness (QED) is 0.738. The van der Waals surface area contributed by atoms with E-state index in [1.165, 1.54) is 12.8 Å². The molecule has 0 aliphatic carbocycles. The van der Waals surface area contributed by atoms with Crippen LogP contribution >= 0.6 is 7.82 Å². The van der Waals surface area contributed by atoms with Crippen molar-refractivity contribution in [1.29, 1.82) is 0 Å². The van der Waals surface area contributed by atoms with Crippen LogP contribution in [0.15, 0.2) is 24.4 Å². The molecule has 1 aromatic heterocycles. The molecule has 3 N–H and O–H groups in total. The number of benzene rings is 1. The summed E-state index contributed by atoms with van der Waals surface area (Å²) in [4.78, 5) is 23.4. The van der Waals surface area contributed by atoms with E-state index in [2.05, 4.69) is 9.88 Å². The zero-order chi connectivity index (χ0) is 14.9. The molecule has 0 spiro atoms. The standard InChI is InChI=1S/C14H19N2O4P/c17-21(18,19)20-13-5-3-4-12-11(10-15-14(12)13)6-9-16-7-1-2-8-16/h3-5,10,15H,1-2,6-9H2,(H2,17,18,19). The third kappa shape index (κ3) is 3.47. The summed E-state index contributed by atoms with van der Waals surface area (Å²) in [5, 5.41) is 0.958. The summed E-state index contributed by atoms with van der Waals surface area (Å²) in [6.07, 6.45) is 5.36. The predicted octanol–water partition coefficient (Wildman–Crippen LogP) is 2.28. The minimum absolute atomic E-state index is 0.188. The van der Waals surface area contributed by atoms with Gasteiger partial charge in [0.1, 0.15) is 0 Å². The number of aromatic amines is 1. The molecule has 21 heavy (non-hydrogen) atoms. The molecule has 0 amide bonds. The maximum atomic E-state index is 11.0. The molecule has 0 bridgehead atoms. The first-order chi connectivity index (χ1) is 10.0. The van der Waals surface area contributed by atoms with Gasteiger partial charge in [0.25, 0.3) is 0 Å². The SMILES string of the molecule is O=P(O)(O)Oc1cccc2c(CCN3CCCC3)c[nH]c12. The van der Waals surface area contributed by atoms with Crippen LogP contribution < -0.4 is 4.52 Å². The van der Waals surface area contributed by atoms with Gasteiger partial charge in [-0.15, -0.1) is 0 Å². The summed E-state index contributed by atoms with van der Waals surface area (Å²) < 4.78 is 15.7. The zero-order valence-electron chi connectivity index (χ0n) is 11.7. The van der Waals surface area contributed by atoms with E-state index in [4.69, 9.17) is 14.3 Å². The number of nitrogens with zero attached hydrogens (tertiary/aromatic N) is 1. The predicted molar refractivity (Wildman–Crippen MR) is 80.3 cm³/mol. The Hall–Kier alpha value is -1.33. The van der Waals surface area contributed by atoms with Gasteiger partial charge in [-0.3, -0.25) is 9.79 Å². The highest BCUT2D eigenvalue weighted by Gasteiger charge is 2.19. The van der Waals surface area contributed by atoms with Crippen molar-refractivity contribution in [3.8, 4) is 5.75 Å². The molecule has 1 saturated heterocycles. The molecule has 1 aromatic carbocycles. The van der Waals surface area contributed by atoms with Crippen LogP contribution in [0, 0.1) is 0 Å². The molecular weight excluding hydrogens is 291 g/mol. The number of likely N-dealkylation sites (tertiary alicyclic amines) is 1. The number of fused-ring (bicyclic) bond motifs is 1. The van der Waals surface area contributed by atoms with Crippen LogP contribution in [0.4, 0.5) is 0 Å². The molecule has 2 aromatic rings. The van der Waals surface area contributed by atoms with Gasteiger partial charge in [-0.05, 0) is 44.0 Å². The number of para-hydroxylation sites is 1. The van der Waals surface area contributed by atoms with Crippen LogP contribution in [0.25, 0.3) is 10.9 Å². The second-order valence-corrected chi connectivity index (χ2v) is 6.54. The van der Waals surface area contributed by atoms with Gasteiger partial charge >= 0.3 is 7.82 Å². The van der Waals surface area contributed by atoms with Crippen molar-refractivity contribution in [3.05, 3.63) is 30.0 Å². The van der Waals surface area contributed by atoms with Crippen molar-refractivity contribution in [2.75, 3.05) is 19.6 Å². The van der Waals surface area contributed by atoms with Gasteiger partial charge < -0.3 is 14.4 Å². The number of rotatable bonds is 5. The lowest BCUT2D eigenvalue weighted by atomic mass is 10.1. The molecule has 7 heteroatoms. The van der Waals surface area contributed by atoms with Crippen LogP contribution in [-0.2, 0) is 11.0 Å². The smallest absolute Gasteiger partial charge is 0.402 e. The van der Waals surface area contributed by atoms with Crippen molar-refractivity contribution >= 4 is 18.7 Å². The lowest BCUT2D eigenvalue weighted by Gasteiger charge is -2.13. The van der Waals surface area contributed by atoms with Gasteiger partial charge in [-0.25, -0.2) is 4.57 Å². The van der Waals surface area contributed by atoms with Crippen LogP contribution in [-0.4, -0.2) is 39.3 Å². The van der Waals surface area contributed by atoms with Crippen LogP contribution in [0.1, 0.15) is 18.4 Å². The van der Waals surface area contributed by atoms with Gasteiger partial charge in [0.05, 0.1) is 5.52 Å². The molecule has 0 saturated carbocycles. The second kappa shape index (κ2) is 5.81. The Kier molecular flexibility index (Phi) is 4.04. The van der Waals surface area contributed by atoms with E-state index in [0.29, 0.717) is 5.52 Å². The van der Waals surface area contributed by atoms with E-state index in [1.807, 2.05) is 12.3 Å². The van der Waals surface area contributed by atoms with Gasteiger partial charge in [0.15, 0.2) is 5.75 Å². The molecule has 114 valence electrons. The first kappa shape index (κ1) is 14.6. The van der Waals surface area contributed by atoms with Crippen molar-refractivity contribution in [2.24, 2.45) is 0 Å². The van der Waals surface area contributed by atoms with E-state index in [9.17, 15) is 4.57 Å². The minimum Gasteiger partial charge on any atom is -0.402 e. The van der Waals surface area contributed by atoms with E-state index in [0.717, 1.165) is 37.0 Å². The van der Waals surface area contributed by atoms with Gasteiger partial charge in [-0.2, -0.15) is 0 Å². The normalized spacial score (nSPS) is 16.7. The number of nitrogens with one attached hydrogen (secondary N) is 1. The molecule has 6 nitrogen and oxygen atoms in total. The summed E-state index contributed by atoms with van der Waals surface area (Å²) in [6, 6.07) is 5.25. The molecule has 0 atom stereocenters. The van der Waals surface area contributed by atoms with Crippen LogP contribution in [0.5, 0.6) is 5.75 Å². The molecular formula is C14H19N2O4P. The van der Waals surface area contributed by atoms with Crippen molar-refractivity contribution in [3.63, 3.8) is 0 Å². The number of phosphoric ester groups is 1. The number of aromatic nitrogens is 1. The Labute approximate surface area is 123 Å². The number of phosphoric acid groups is 1. The third-order valence-electron chi connectivity index (χ3n) is 3.88. The van der Waals surface area contributed by atoms with Gasteiger partial charge in [0.2, 0.25) is 0 Å². The average molecular weight is 310 g/mol. The number of hydrogen-bond acceptors (Lipinski definition) is 3. The maximum Gasteiger partial charge on any atom is 0.524 e. The highest BCUT2D eigenvalue weighted by Crippen LogP contribution is 2.40. The summed E-state index contributed by atoms with van der Waals surface area (Å²) in [5.41, 5.74) is 1.78. The van der Waals surface area contributed by atoms with E-state index >= 15 is 0 Å². The van der Waals surface area contributed by atoms with Crippen molar-refractivity contribution < 1.29 is 18.9 Å². The van der Waals surface area contributed by atoms with Gasteiger partial charge in [-0.1, -0.05) is 12.1 Å². The zero-order valence-corrected chi connectivity index (χ0v) is 12.6. The maximum absolute atomic E-state index is 11.0. The Morgan fingerprint density at radius 2 is 2.05 bits per heavy atom. The molecule has 0 radical (unpaired) electrons. The highest BCUT2D eigenvalue weighted by atomic mass is 31.2. The number of hydrogen-bond donors (Lipinski definition) is 3. The van der Waals surface area contributed by atoms with Crippen LogP contribution in [0.2, 0.25) is 0 Å². The topological polar surface area (TPSA) is 85.8 Å². The molecule has 0 unspecified atom stereocenters. The Bertz CT molecular complexity index is 673. The highest BCUT2D eigenvalue weighted by molar-refractivity contribution is 7.46. The first-order valence-electron chi connectivity index (χ1n) is 7.09. The summed E-state index contributed by atoms with van der Waals surface area (Å²) >= 11 is 0.